The number of imide groups is 2. The number of para-hydroxylation sites is 2. The zero-order valence-corrected chi connectivity index (χ0v) is 35.2. The molecule has 1 N–H and O–H groups in total. The van der Waals surface area contributed by atoms with E-state index in [0.29, 0.717) is 39.4 Å². The van der Waals surface area contributed by atoms with Gasteiger partial charge in [0, 0.05) is 94.5 Å². The molecule has 2 aromatic heterocycles. The summed E-state index contributed by atoms with van der Waals surface area (Å²) in [5, 5.41) is 5.53. The van der Waals surface area contributed by atoms with E-state index in [9.17, 15) is 19.2 Å². The molecule has 15 nitrogen and oxygen atoms in total. The van der Waals surface area contributed by atoms with Crippen LogP contribution in [0.3, 0.4) is 0 Å². The first-order valence-corrected chi connectivity index (χ1v) is 22.7. The van der Waals surface area contributed by atoms with Gasteiger partial charge in [0.05, 0.1) is 49.5 Å². The molecule has 324 valence electrons. The van der Waals surface area contributed by atoms with Crippen molar-refractivity contribution in [3.63, 3.8) is 0 Å². The van der Waals surface area contributed by atoms with Crippen molar-refractivity contribution < 1.29 is 28.7 Å². The van der Waals surface area contributed by atoms with Crippen LogP contribution in [0.5, 0.6) is 0 Å². The first-order valence-electron chi connectivity index (χ1n) is 22.7. The fourth-order valence-electron chi connectivity index (χ4n) is 12.4. The molecule has 0 bridgehead atoms. The molecule has 8 fully saturated rings. The lowest BCUT2D eigenvalue weighted by atomic mass is 9.87. The molecule has 8 aliphatic rings. The van der Waals surface area contributed by atoms with Crippen LogP contribution in [0.2, 0.25) is 0 Å². The summed E-state index contributed by atoms with van der Waals surface area (Å²) >= 11 is 0. The normalized spacial score (nSPS) is 31.0. The van der Waals surface area contributed by atoms with Crippen LogP contribution < -0.4 is 5.32 Å². The average molecular weight is 842 g/mol. The summed E-state index contributed by atoms with van der Waals surface area (Å²) in [6.45, 7) is 9.90. The Labute approximate surface area is 361 Å². The van der Waals surface area contributed by atoms with Crippen LogP contribution in [0.1, 0.15) is 55.3 Å². The predicted molar refractivity (Wildman–Crippen MR) is 230 cm³/mol. The molecule has 1 aliphatic carbocycles. The predicted octanol–water partition coefficient (Wildman–Crippen LogP) is 4.05. The molecule has 0 radical (unpaired) electrons. The van der Waals surface area contributed by atoms with E-state index in [2.05, 4.69) is 37.2 Å². The molecule has 2 spiro atoms. The van der Waals surface area contributed by atoms with Gasteiger partial charge in [0.1, 0.15) is 11.1 Å². The monoisotopic (exact) mass is 841 g/mol. The summed E-state index contributed by atoms with van der Waals surface area (Å²) in [4.78, 5) is 75.2. The smallest absolute Gasteiger partial charge is 0.328 e. The van der Waals surface area contributed by atoms with Gasteiger partial charge in [-0.15, -0.1) is 0 Å². The highest BCUT2D eigenvalue weighted by molar-refractivity contribution is 6.09. The van der Waals surface area contributed by atoms with Crippen molar-refractivity contribution in [3.8, 4) is 0 Å². The van der Waals surface area contributed by atoms with E-state index in [0.717, 1.165) is 118 Å². The Bertz CT molecular complexity index is 2230. The Balaban J connectivity index is 0.000000139. The van der Waals surface area contributed by atoms with Crippen LogP contribution in [0.15, 0.2) is 73.1 Å². The van der Waals surface area contributed by atoms with Gasteiger partial charge in [0.25, 0.3) is 11.8 Å². The molecule has 9 heterocycles. The number of carbonyl (C=O) groups is 4. The average Bonchev–Trinajstić information content (AvgIpc) is 4.13. The molecule has 1 saturated carbocycles. The largest absolute Gasteiger partial charge is 0.379 e. The second kappa shape index (κ2) is 15.9. The van der Waals surface area contributed by atoms with Crippen molar-refractivity contribution in [1.82, 2.24) is 44.7 Å². The Morgan fingerprint density at radius 3 is 1.68 bits per heavy atom. The van der Waals surface area contributed by atoms with Crippen molar-refractivity contribution in [2.45, 2.75) is 55.3 Å². The third kappa shape index (κ3) is 6.17. The third-order valence-electron chi connectivity index (χ3n) is 15.4. The van der Waals surface area contributed by atoms with Gasteiger partial charge >= 0.3 is 12.1 Å². The Kier molecular flexibility index (Phi) is 10.2. The number of benzene rings is 2. The van der Waals surface area contributed by atoms with Crippen LogP contribution >= 0.6 is 0 Å². The summed E-state index contributed by atoms with van der Waals surface area (Å²) in [7, 11) is 0. The number of hydrogen-bond donors (Lipinski definition) is 1. The number of carbonyl (C=O) groups excluding carboxylic acids is 4. The summed E-state index contributed by atoms with van der Waals surface area (Å²) in [5.41, 5.74) is 2.68. The van der Waals surface area contributed by atoms with E-state index in [4.69, 9.17) is 9.47 Å². The van der Waals surface area contributed by atoms with Crippen LogP contribution in [0.25, 0.3) is 21.8 Å². The molecule has 6 amide bonds. The van der Waals surface area contributed by atoms with Crippen molar-refractivity contribution in [3.05, 3.63) is 84.2 Å². The number of ether oxygens (including phenoxy) is 2. The molecule has 7 aliphatic heterocycles. The highest BCUT2D eigenvalue weighted by atomic mass is 16.5. The molecular formula is C47H55N9O6. The van der Waals surface area contributed by atoms with Gasteiger partial charge in [-0.1, -0.05) is 42.8 Å². The first-order chi connectivity index (χ1) is 30.4. The topological polar surface area (TPSA) is 144 Å². The number of urea groups is 2. The SMILES string of the molecule is O=C1N(CCN2CCOCC2)C(=O)[C@]23CCC[C@H]2C[C@H](c2ccnc4ccccc24)N13.O=C1N(CCN2CCOCC2)C(=O)[C@]23CNC[C@H]2C[C@H](c2ccnc4ccccc24)N13. The molecule has 4 aromatic rings. The minimum absolute atomic E-state index is 0.0263. The summed E-state index contributed by atoms with van der Waals surface area (Å²) < 4.78 is 10.8. The van der Waals surface area contributed by atoms with Crippen LogP contribution in [0, 0.1) is 11.8 Å². The van der Waals surface area contributed by atoms with E-state index in [-0.39, 0.29) is 47.8 Å². The maximum atomic E-state index is 13.7. The van der Waals surface area contributed by atoms with Gasteiger partial charge in [-0.2, -0.15) is 0 Å². The van der Waals surface area contributed by atoms with E-state index in [1.807, 2.05) is 70.7 Å². The minimum atomic E-state index is -0.753. The maximum absolute atomic E-state index is 13.7. The Morgan fingerprint density at radius 2 is 1.11 bits per heavy atom. The van der Waals surface area contributed by atoms with Gasteiger partial charge in [0.15, 0.2) is 0 Å². The third-order valence-corrected chi connectivity index (χ3v) is 15.4. The number of nitrogens with one attached hydrogen (secondary N) is 1. The Hall–Kier alpha value is -5.06. The fourth-order valence-corrected chi connectivity index (χ4v) is 12.4. The lowest BCUT2D eigenvalue weighted by Crippen LogP contribution is -2.51. The quantitative estimate of drug-likeness (QED) is 0.257. The van der Waals surface area contributed by atoms with E-state index < -0.39 is 11.1 Å². The van der Waals surface area contributed by atoms with E-state index in [1.165, 1.54) is 4.90 Å². The number of pyridine rings is 2. The molecule has 7 saturated heterocycles. The van der Waals surface area contributed by atoms with Crippen LogP contribution in [-0.4, -0.2) is 166 Å². The van der Waals surface area contributed by atoms with Gasteiger partial charge < -0.3 is 24.6 Å². The lowest BCUT2D eigenvalue weighted by Gasteiger charge is -2.31. The van der Waals surface area contributed by atoms with Gasteiger partial charge in [-0.25, -0.2) is 9.59 Å². The second-order valence-corrected chi connectivity index (χ2v) is 18.2. The number of aromatic nitrogens is 2. The lowest BCUT2D eigenvalue weighted by molar-refractivity contribution is -0.134. The number of morpholine rings is 2. The number of rotatable bonds is 8. The van der Waals surface area contributed by atoms with Crippen molar-refractivity contribution in [1.29, 1.82) is 0 Å². The summed E-state index contributed by atoms with van der Waals surface area (Å²) in [6.07, 6.45) is 8.13. The van der Waals surface area contributed by atoms with E-state index >= 15 is 0 Å². The number of nitrogens with zero attached hydrogens (tertiary/aromatic N) is 8. The summed E-state index contributed by atoms with van der Waals surface area (Å²) in [6, 6.07) is 19.8. The molecular weight excluding hydrogens is 787 g/mol. The van der Waals surface area contributed by atoms with Gasteiger partial charge in [0.2, 0.25) is 0 Å². The first kappa shape index (κ1) is 39.8. The molecule has 0 unspecified atom stereocenters. The van der Waals surface area contributed by atoms with Gasteiger partial charge in [-0.3, -0.25) is 39.2 Å². The number of fused-ring (bicyclic) bond motifs is 2. The highest BCUT2D eigenvalue weighted by Gasteiger charge is 2.70. The highest BCUT2D eigenvalue weighted by Crippen LogP contribution is 2.59. The molecule has 6 atom stereocenters. The summed E-state index contributed by atoms with van der Waals surface area (Å²) in [5.74, 6) is 0.388. The van der Waals surface area contributed by atoms with Crippen LogP contribution in [-0.2, 0) is 19.1 Å². The Morgan fingerprint density at radius 1 is 0.613 bits per heavy atom. The number of hydrogen-bond acceptors (Lipinski definition) is 11. The van der Waals surface area contributed by atoms with Crippen molar-refractivity contribution in [2.75, 3.05) is 91.9 Å². The van der Waals surface area contributed by atoms with Crippen molar-refractivity contribution in [2.24, 2.45) is 11.8 Å². The maximum Gasteiger partial charge on any atom is 0.328 e. The standard InChI is InChI=1S/C24H28N4O3.C23H27N5O3/c29-22-24-8-3-4-17(24)16-21(19-7-9-25-20-6-2-1-5-18(19)20)28(24)23(30)27(22)11-10-26-12-14-31-15-13-26;29-21-23-15-24-14-16(23)13-20(18-5-6-25-19-4-2-1-3-17(18)19)28(23)22(30)27(21)8-7-26-9-11-31-12-10-26/h1-2,5-7,9,17,21H,3-4,8,10-16H2;1-6,16,20,24H,7-15H2/t17-,21+,24-;16-,20-,23+/m01/s1. The zero-order chi connectivity index (χ0) is 42.0. The van der Waals surface area contributed by atoms with Crippen LogP contribution in [0.4, 0.5) is 9.59 Å². The molecule has 62 heavy (non-hydrogen) atoms. The van der Waals surface area contributed by atoms with Crippen molar-refractivity contribution >= 4 is 45.7 Å². The zero-order valence-electron chi connectivity index (χ0n) is 35.2. The van der Waals surface area contributed by atoms with Gasteiger partial charge in [-0.05, 0) is 67.0 Å². The van der Waals surface area contributed by atoms with E-state index in [1.54, 1.807) is 4.90 Å². The molecule has 15 heteroatoms. The fraction of sp³-hybridized carbons (Fsp3) is 0.532. The second-order valence-electron chi connectivity index (χ2n) is 18.2. The molecule has 2 aromatic carbocycles. The minimum Gasteiger partial charge on any atom is -0.379 e. The molecule has 12 rings (SSSR count). The number of amides is 6.